The second kappa shape index (κ2) is 6.95. The lowest BCUT2D eigenvalue weighted by molar-refractivity contribution is -0.137. The highest BCUT2D eigenvalue weighted by Crippen LogP contribution is 2.20. The van der Waals surface area contributed by atoms with Crippen LogP contribution in [0.15, 0.2) is 24.3 Å². The van der Waals surface area contributed by atoms with Crippen molar-refractivity contribution in [3.8, 4) is 0 Å². The molecule has 1 aromatic rings. The lowest BCUT2D eigenvalue weighted by atomic mass is 10.1. The van der Waals surface area contributed by atoms with Gasteiger partial charge in [0.25, 0.3) is 0 Å². The van der Waals surface area contributed by atoms with E-state index in [1.165, 1.54) is 5.69 Å². The Morgan fingerprint density at radius 3 is 2.40 bits per heavy atom. The fourth-order valence-corrected chi connectivity index (χ4v) is 2.71. The van der Waals surface area contributed by atoms with E-state index in [1.54, 1.807) is 0 Å². The molecule has 5 heteroatoms. The number of carboxylic acid groups (broad SMARTS) is 1. The molecule has 1 saturated heterocycles. The quantitative estimate of drug-likeness (QED) is 0.907. The Kier molecular flexibility index (Phi) is 5.26. The third kappa shape index (κ3) is 4.12. The maximum atomic E-state index is 10.6. The Bertz CT molecular complexity index is 442. The molecule has 0 aromatic heterocycles. The zero-order valence-corrected chi connectivity index (χ0v) is 12.5. The van der Waals surface area contributed by atoms with Gasteiger partial charge in [0, 0.05) is 49.4 Å². The van der Waals surface area contributed by atoms with Crippen molar-refractivity contribution in [1.29, 1.82) is 0 Å². The molecule has 1 unspecified atom stereocenters. The van der Waals surface area contributed by atoms with Crippen LogP contribution >= 0.6 is 11.6 Å². The van der Waals surface area contributed by atoms with Gasteiger partial charge in [0.15, 0.2) is 0 Å². The lowest BCUT2D eigenvalue weighted by Gasteiger charge is -2.39. The summed E-state index contributed by atoms with van der Waals surface area (Å²) in [6.45, 7) is 6.01. The molecule has 0 bridgehead atoms. The largest absolute Gasteiger partial charge is 0.481 e. The van der Waals surface area contributed by atoms with Crippen molar-refractivity contribution in [1.82, 2.24) is 4.90 Å². The molecular weight excluding hydrogens is 276 g/mol. The van der Waals surface area contributed by atoms with Crippen molar-refractivity contribution in [3.63, 3.8) is 0 Å². The minimum atomic E-state index is -0.711. The first-order valence-electron chi connectivity index (χ1n) is 7.02. The molecule has 1 aliphatic rings. The van der Waals surface area contributed by atoms with E-state index in [-0.39, 0.29) is 6.42 Å². The van der Waals surface area contributed by atoms with Gasteiger partial charge in [-0.25, -0.2) is 0 Å². The number of rotatable bonds is 5. The van der Waals surface area contributed by atoms with E-state index in [9.17, 15) is 4.79 Å². The summed E-state index contributed by atoms with van der Waals surface area (Å²) >= 11 is 5.90. The fraction of sp³-hybridized carbons (Fsp3) is 0.533. The summed E-state index contributed by atoms with van der Waals surface area (Å²) in [6.07, 6.45) is 0.967. The molecule has 0 radical (unpaired) electrons. The second-order valence-electron chi connectivity index (χ2n) is 5.28. The van der Waals surface area contributed by atoms with Gasteiger partial charge < -0.3 is 10.0 Å². The fourth-order valence-electron chi connectivity index (χ4n) is 2.59. The Morgan fingerprint density at radius 1 is 1.25 bits per heavy atom. The van der Waals surface area contributed by atoms with E-state index >= 15 is 0 Å². The smallest absolute Gasteiger partial charge is 0.303 e. The molecule has 20 heavy (non-hydrogen) atoms. The van der Waals surface area contributed by atoms with Crippen molar-refractivity contribution in [2.45, 2.75) is 25.8 Å². The van der Waals surface area contributed by atoms with Gasteiger partial charge in [-0.05, 0) is 37.6 Å². The van der Waals surface area contributed by atoms with Gasteiger partial charge in [0.2, 0.25) is 0 Å². The maximum absolute atomic E-state index is 10.6. The first-order valence-corrected chi connectivity index (χ1v) is 7.40. The maximum Gasteiger partial charge on any atom is 0.303 e. The first-order chi connectivity index (χ1) is 9.56. The number of benzene rings is 1. The highest BCUT2D eigenvalue weighted by atomic mass is 35.5. The number of hydrogen-bond acceptors (Lipinski definition) is 3. The van der Waals surface area contributed by atoms with Gasteiger partial charge in [0.1, 0.15) is 0 Å². The molecule has 1 aliphatic heterocycles. The van der Waals surface area contributed by atoms with E-state index in [2.05, 4.69) is 16.7 Å². The van der Waals surface area contributed by atoms with Gasteiger partial charge in [0.05, 0.1) is 0 Å². The number of carbonyl (C=O) groups is 1. The molecule has 4 nitrogen and oxygen atoms in total. The predicted octanol–water partition coefficient (Wildman–Crippen LogP) is 2.72. The highest BCUT2D eigenvalue weighted by Gasteiger charge is 2.21. The number of piperazine rings is 1. The summed E-state index contributed by atoms with van der Waals surface area (Å²) in [6, 6.07) is 8.26. The van der Waals surface area contributed by atoms with Crippen LogP contribution < -0.4 is 4.90 Å². The number of aliphatic carboxylic acids is 1. The van der Waals surface area contributed by atoms with Crippen LogP contribution in [-0.2, 0) is 4.79 Å². The van der Waals surface area contributed by atoms with Crippen molar-refractivity contribution in [2.24, 2.45) is 0 Å². The van der Waals surface area contributed by atoms with Crippen LogP contribution in [0.3, 0.4) is 0 Å². The van der Waals surface area contributed by atoms with Crippen molar-refractivity contribution in [3.05, 3.63) is 29.3 Å². The van der Waals surface area contributed by atoms with E-state index in [0.717, 1.165) is 37.6 Å². The van der Waals surface area contributed by atoms with Crippen molar-refractivity contribution >= 4 is 23.3 Å². The molecule has 1 N–H and O–H groups in total. The molecule has 1 heterocycles. The summed E-state index contributed by atoms with van der Waals surface area (Å²) in [4.78, 5) is 15.3. The minimum Gasteiger partial charge on any atom is -0.481 e. The van der Waals surface area contributed by atoms with E-state index in [1.807, 2.05) is 24.3 Å². The molecule has 1 atom stereocenters. The summed E-state index contributed by atoms with van der Waals surface area (Å²) in [5.41, 5.74) is 1.20. The van der Waals surface area contributed by atoms with Gasteiger partial charge in [-0.15, -0.1) is 0 Å². The molecule has 2 rings (SSSR count). The lowest BCUT2D eigenvalue weighted by Crippen LogP contribution is -2.49. The molecule has 110 valence electrons. The molecule has 0 aliphatic carbocycles. The minimum absolute atomic E-state index is 0.249. The predicted molar refractivity (Wildman–Crippen MR) is 81.6 cm³/mol. The monoisotopic (exact) mass is 296 g/mol. The number of halogens is 1. The van der Waals surface area contributed by atoms with Crippen LogP contribution in [0, 0.1) is 0 Å². The first kappa shape index (κ1) is 15.1. The topological polar surface area (TPSA) is 43.8 Å². The Hall–Kier alpha value is -1.26. The standard InChI is InChI=1S/C15H21ClN2O2/c1-12(2-7-15(19)20)17-8-10-18(11-9-17)14-5-3-13(16)4-6-14/h3-6,12H,2,7-11H2,1H3,(H,19,20). The zero-order chi connectivity index (χ0) is 14.5. The van der Waals surface area contributed by atoms with Crippen LogP contribution in [0.1, 0.15) is 19.8 Å². The van der Waals surface area contributed by atoms with Crippen LogP contribution in [-0.4, -0.2) is 48.2 Å². The van der Waals surface area contributed by atoms with E-state index < -0.39 is 5.97 Å². The number of anilines is 1. The Balaban J connectivity index is 1.82. The van der Waals surface area contributed by atoms with E-state index in [0.29, 0.717) is 6.04 Å². The van der Waals surface area contributed by atoms with E-state index in [4.69, 9.17) is 16.7 Å². The molecule has 0 spiro atoms. The van der Waals surface area contributed by atoms with Crippen molar-refractivity contribution < 1.29 is 9.90 Å². The summed E-state index contributed by atoms with van der Waals surface area (Å²) < 4.78 is 0. The molecule has 0 amide bonds. The summed E-state index contributed by atoms with van der Waals surface area (Å²) in [5.74, 6) is -0.711. The molecule has 0 saturated carbocycles. The summed E-state index contributed by atoms with van der Waals surface area (Å²) in [5, 5.41) is 9.50. The summed E-state index contributed by atoms with van der Waals surface area (Å²) in [7, 11) is 0. The zero-order valence-electron chi connectivity index (χ0n) is 11.8. The second-order valence-corrected chi connectivity index (χ2v) is 5.72. The normalized spacial score (nSPS) is 18.0. The van der Waals surface area contributed by atoms with Gasteiger partial charge in [-0.1, -0.05) is 11.6 Å². The van der Waals surface area contributed by atoms with Gasteiger partial charge >= 0.3 is 5.97 Å². The molecule has 1 aromatic carbocycles. The third-order valence-electron chi connectivity index (χ3n) is 3.91. The molecule has 1 fully saturated rings. The third-order valence-corrected chi connectivity index (χ3v) is 4.16. The average Bonchev–Trinajstić information content (AvgIpc) is 2.46. The van der Waals surface area contributed by atoms with Crippen LogP contribution in [0.2, 0.25) is 5.02 Å². The van der Waals surface area contributed by atoms with Crippen LogP contribution in [0.4, 0.5) is 5.69 Å². The SMILES string of the molecule is CC(CCC(=O)O)N1CCN(c2ccc(Cl)cc2)CC1. The van der Waals surface area contributed by atoms with Crippen LogP contribution in [0.5, 0.6) is 0 Å². The average molecular weight is 297 g/mol. The number of hydrogen-bond donors (Lipinski definition) is 1. The van der Waals surface area contributed by atoms with Crippen LogP contribution in [0.25, 0.3) is 0 Å². The number of nitrogens with zero attached hydrogens (tertiary/aromatic N) is 2. The Labute approximate surface area is 124 Å². The number of carboxylic acids is 1. The van der Waals surface area contributed by atoms with Crippen molar-refractivity contribution in [2.75, 3.05) is 31.1 Å². The van der Waals surface area contributed by atoms with Gasteiger partial charge in [-0.3, -0.25) is 9.69 Å². The highest BCUT2D eigenvalue weighted by molar-refractivity contribution is 6.30. The molecular formula is C15H21ClN2O2. The van der Waals surface area contributed by atoms with Gasteiger partial charge in [-0.2, -0.15) is 0 Å². The Morgan fingerprint density at radius 2 is 1.85 bits per heavy atom.